The molecular weight excluding hydrogens is 257 g/mol. The fraction of sp³-hybridized carbons (Fsp3) is 0.562. The van der Waals surface area contributed by atoms with Gasteiger partial charge in [-0.2, -0.15) is 0 Å². The molecule has 0 unspecified atom stereocenters. The topological polar surface area (TPSA) is 40.5 Å². The zero-order chi connectivity index (χ0) is 15.1. The Bertz CT molecular complexity index is 446. The molecule has 4 heteroatoms. The van der Waals surface area contributed by atoms with Gasteiger partial charge < -0.3 is 5.11 Å². The van der Waals surface area contributed by atoms with E-state index in [4.69, 9.17) is 5.11 Å². The molecule has 1 aromatic carbocycles. The minimum absolute atomic E-state index is 0.268. The molecule has 0 aliphatic rings. The van der Waals surface area contributed by atoms with Crippen LogP contribution in [-0.4, -0.2) is 28.6 Å². The van der Waals surface area contributed by atoms with Crippen molar-refractivity contribution in [3.8, 4) is 0 Å². The molecule has 0 radical (unpaired) electrons. The maximum absolute atomic E-state index is 13.7. The van der Waals surface area contributed by atoms with Gasteiger partial charge in [0.25, 0.3) is 0 Å². The van der Waals surface area contributed by atoms with Crippen molar-refractivity contribution in [2.75, 3.05) is 6.54 Å². The number of benzene rings is 1. The van der Waals surface area contributed by atoms with Gasteiger partial charge in [0.2, 0.25) is 0 Å². The van der Waals surface area contributed by atoms with Crippen molar-refractivity contribution in [3.63, 3.8) is 0 Å². The minimum Gasteiger partial charge on any atom is -0.478 e. The molecule has 112 valence electrons. The highest BCUT2D eigenvalue weighted by Crippen LogP contribution is 2.14. The summed E-state index contributed by atoms with van der Waals surface area (Å²) in [5, 5.41) is 8.82. The van der Waals surface area contributed by atoms with Gasteiger partial charge in [0.1, 0.15) is 5.82 Å². The first-order valence-corrected chi connectivity index (χ1v) is 7.21. The SMILES string of the molecule is CCCCCN(Cc1ccc(C(=O)O)c(F)c1)C(C)C. The molecule has 0 aromatic heterocycles. The molecule has 0 amide bonds. The van der Waals surface area contributed by atoms with Gasteiger partial charge in [0.05, 0.1) is 5.56 Å². The molecule has 0 saturated carbocycles. The fourth-order valence-corrected chi connectivity index (χ4v) is 2.15. The van der Waals surface area contributed by atoms with E-state index in [9.17, 15) is 9.18 Å². The average Bonchev–Trinajstić information content (AvgIpc) is 2.37. The number of halogens is 1. The molecule has 0 fully saturated rings. The van der Waals surface area contributed by atoms with Crippen molar-refractivity contribution in [3.05, 3.63) is 35.1 Å². The van der Waals surface area contributed by atoms with Gasteiger partial charge in [-0.25, -0.2) is 9.18 Å². The number of carboxylic acids is 1. The monoisotopic (exact) mass is 281 g/mol. The summed E-state index contributed by atoms with van der Waals surface area (Å²) >= 11 is 0. The highest BCUT2D eigenvalue weighted by atomic mass is 19.1. The molecule has 20 heavy (non-hydrogen) atoms. The molecule has 1 N–H and O–H groups in total. The van der Waals surface area contributed by atoms with E-state index in [0.29, 0.717) is 12.6 Å². The van der Waals surface area contributed by atoms with E-state index >= 15 is 0 Å². The van der Waals surface area contributed by atoms with E-state index < -0.39 is 11.8 Å². The molecule has 0 aliphatic heterocycles. The van der Waals surface area contributed by atoms with Crippen LogP contribution >= 0.6 is 0 Å². The molecule has 0 spiro atoms. The Balaban J connectivity index is 2.73. The van der Waals surface area contributed by atoms with Crippen molar-refractivity contribution in [1.29, 1.82) is 0 Å². The van der Waals surface area contributed by atoms with Gasteiger partial charge in [-0.05, 0) is 44.5 Å². The van der Waals surface area contributed by atoms with Crippen LogP contribution in [0, 0.1) is 5.82 Å². The van der Waals surface area contributed by atoms with Crippen LogP contribution in [-0.2, 0) is 6.54 Å². The van der Waals surface area contributed by atoms with Crippen molar-refractivity contribution in [1.82, 2.24) is 4.90 Å². The third-order valence-electron chi connectivity index (χ3n) is 3.43. The van der Waals surface area contributed by atoms with E-state index in [0.717, 1.165) is 18.5 Å². The van der Waals surface area contributed by atoms with Crippen molar-refractivity contribution >= 4 is 5.97 Å². The van der Waals surface area contributed by atoms with E-state index in [2.05, 4.69) is 25.7 Å². The fourth-order valence-electron chi connectivity index (χ4n) is 2.15. The van der Waals surface area contributed by atoms with Crippen molar-refractivity contribution in [2.45, 2.75) is 52.6 Å². The van der Waals surface area contributed by atoms with Gasteiger partial charge in [-0.15, -0.1) is 0 Å². The molecular formula is C16H24FNO2. The van der Waals surface area contributed by atoms with Crippen LogP contribution in [0.15, 0.2) is 18.2 Å². The van der Waals surface area contributed by atoms with Crippen LogP contribution in [0.2, 0.25) is 0 Å². The zero-order valence-electron chi connectivity index (χ0n) is 12.5. The zero-order valence-corrected chi connectivity index (χ0v) is 12.5. The number of carboxylic acid groups (broad SMARTS) is 1. The van der Waals surface area contributed by atoms with Crippen molar-refractivity contribution < 1.29 is 14.3 Å². The molecule has 0 atom stereocenters. The lowest BCUT2D eigenvalue weighted by molar-refractivity contribution is 0.0692. The first kappa shape index (κ1) is 16.6. The summed E-state index contributed by atoms with van der Waals surface area (Å²) in [6.07, 6.45) is 3.49. The molecule has 1 rings (SSSR count). The molecule has 1 aromatic rings. The van der Waals surface area contributed by atoms with E-state index in [1.54, 1.807) is 6.07 Å². The second-order valence-electron chi connectivity index (χ2n) is 5.39. The number of rotatable bonds is 8. The Morgan fingerprint density at radius 1 is 1.35 bits per heavy atom. The van der Waals surface area contributed by atoms with Crippen LogP contribution < -0.4 is 0 Å². The van der Waals surface area contributed by atoms with E-state index in [-0.39, 0.29) is 5.56 Å². The van der Waals surface area contributed by atoms with Crippen molar-refractivity contribution in [2.24, 2.45) is 0 Å². The number of aromatic carboxylic acids is 1. The van der Waals surface area contributed by atoms with Gasteiger partial charge in [-0.1, -0.05) is 25.8 Å². The summed E-state index contributed by atoms with van der Waals surface area (Å²) in [4.78, 5) is 13.1. The Morgan fingerprint density at radius 3 is 2.55 bits per heavy atom. The lowest BCUT2D eigenvalue weighted by Crippen LogP contribution is -2.31. The maximum atomic E-state index is 13.7. The largest absolute Gasteiger partial charge is 0.478 e. The Kier molecular flexibility index (Phi) is 6.65. The summed E-state index contributed by atoms with van der Waals surface area (Å²) in [6.45, 7) is 8.04. The number of carbonyl (C=O) groups is 1. The highest BCUT2D eigenvalue weighted by molar-refractivity contribution is 5.87. The number of hydrogen-bond acceptors (Lipinski definition) is 2. The third-order valence-corrected chi connectivity index (χ3v) is 3.43. The smallest absolute Gasteiger partial charge is 0.338 e. The normalized spacial score (nSPS) is 11.3. The quantitative estimate of drug-likeness (QED) is 0.734. The predicted octanol–water partition coefficient (Wildman–Crippen LogP) is 3.92. The lowest BCUT2D eigenvalue weighted by Gasteiger charge is -2.26. The maximum Gasteiger partial charge on any atom is 0.338 e. The van der Waals surface area contributed by atoms with Crippen LogP contribution in [0.1, 0.15) is 56.0 Å². The van der Waals surface area contributed by atoms with Gasteiger partial charge >= 0.3 is 5.97 Å². The van der Waals surface area contributed by atoms with E-state index in [1.165, 1.54) is 25.0 Å². The standard InChI is InChI=1S/C16H24FNO2/c1-4-5-6-9-18(12(2)3)11-13-7-8-14(16(19)20)15(17)10-13/h7-8,10,12H,4-6,9,11H2,1-3H3,(H,19,20). The molecule has 0 bridgehead atoms. The van der Waals surface area contributed by atoms with Crippen LogP contribution in [0.3, 0.4) is 0 Å². The summed E-state index contributed by atoms with van der Waals surface area (Å²) in [5.41, 5.74) is 0.550. The molecule has 0 saturated heterocycles. The summed E-state index contributed by atoms with van der Waals surface area (Å²) in [6, 6.07) is 4.76. The molecule has 3 nitrogen and oxygen atoms in total. The second-order valence-corrected chi connectivity index (χ2v) is 5.39. The first-order valence-electron chi connectivity index (χ1n) is 7.21. The summed E-state index contributed by atoms with van der Waals surface area (Å²) in [5.74, 6) is -1.88. The summed E-state index contributed by atoms with van der Waals surface area (Å²) in [7, 11) is 0. The van der Waals surface area contributed by atoms with Crippen LogP contribution in [0.5, 0.6) is 0 Å². The predicted molar refractivity (Wildman–Crippen MR) is 78.4 cm³/mol. The third kappa shape index (κ3) is 4.93. The van der Waals surface area contributed by atoms with Gasteiger partial charge in [0, 0.05) is 12.6 Å². The van der Waals surface area contributed by atoms with Gasteiger partial charge in [0.15, 0.2) is 0 Å². The summed E-state index contributed by atoms with van der Waals surface area (Å²) < 4.78 is 13.7. The lowest BCUT2D eigenvalue weighted by atomic mass is 10.1. The number of hydrogen-bond donors (Lipinski definition) is 1. The number of nitrogens with zero attached hydrogens (tertiary/aromatic N) is 1. The van der Waals surface area contributed by atoms with E-state index in [1.807, 2.05) is 0 Å². The minimum atomic E-state index is -1.22. The molecule has 0 aliphatic carbocycles. The van der Waals surface area contributed by atoms with Gasteiger partial charge in [-0.3, -0.25) is 4.90 Å². The Labute approximate surface area is 120 Å². The van der Waals surface area contributed by atoms with Crippen LogP contribution in [0.4, 0.5) is 4.39 Å². The Hall–Kier alpha value is -1.42. The first-order chi connectivity index (χ1) is 9.45. The highest BCUT2D eigenvalue weighted by Gasteiger charge is 2.13. The average molecular weight is 281 g/mol. The second kappa shape index (κ2) is 8.00. The van der Waals surface area contributed by atoms with Crippen LogP contribution in [0.25, 0.3) is 0 Å². The number of unbranched alkanes of at least 4 members (excludes halogenated alkanes) is 2. The Morgan fingerprint density at radius 2 is 2.05 bits per heavy atom. The molecule has 0 heterocycles.